The molecule has 0 bridgehead atoms. The number of piperidine rings is 1. The second-order valence-electron chi connectivity index (χ2n) is 5.10. The van der Waals surface area contributed by atoms with Crippen molar-refractivity contribution in [1.82, 2.24) is 9.88 Å². The SMILES string of the molecule is CN(C)c1ncccc1CN=C(N)N1CCCCC1. The molecule has 0 radical (unpaired) electrons. The Morgan fingerprint density at radius 3 is 2.79 bits per heavy atom. The van der Waals surface area contributed by atoms with Crippen LogP contribution in [0.4, 0.5) is 5.82 Å². The Balaban J connectivity index is 2.04. The van der Waals surface area contributed by atoms with Gasteiger partial charge in [-0.15, -0.1) is 0 Å². The van der Waals surface area contributed by atoms with E-state index in [9.17, 15) is 0 Å². The van der Waals surface area contributed by atoms with Crippen LogP contribution in [0, 0.1) is 0 Å². The van der Waals surface area contributed by atoms with Gasteiger partial charge in [-0.1, -0.05) is 6.07 Å². The first kappa shape index (κ1) is 13.6. The van der Waals surface area contributed by atoms with Crippen molar-refractivity contribution in [3.05, 3.63) is 23.9 Å². The number of pyridine rings is 1. The third kappa shape index (κ3) is 3.59. The molecule has 5 nitrogen and oxygen atoms in total. The second-order valence-corrected chi connectivity index (χ2v) is 5.10. The Labute approximate surface area is 115 Å². The lowest BCUT2D eigenvalue weighted by molar-refractivity contribution is 0.338. The molecule has 1 fully saturated rings. The third-order valence-electron chi connectivity index (χ3n) is 3.38. The van der Waals surface area contributed by atoms with Crippen molar-refractivity contribution in [2.24, 2.45) is 10.7 Å². The molecule has 2 N–H and O–H groups in total. The Morgan fingerprint density at radius 2 is 2.11 bits per heavy atom. The molecule has 1 aliphatic rings. The predicted molar refractivity (Wildman–Crippen MR) is 79.3 cm³/mol. The molecule has 0 aliphatic carbocycles. The minimum Gasteiger partial charge on any atom is -0.370 e. The molecule has 2 rings (SSSR count). The summed E-state index contributed by atoms with van der Waals surface area (Å²) in [7, 11) is 3.98. The van der Waals surface area contributed by atoms with Gasteiger partial charge in [0, 0.05) is 38.9 Å². The molecule has 0 amide bonds. The van der Waals surface area contributed by atoms with Crippen LogP contribution in [0.25, 0.3) is 0 Å². The minimum atomic E-state index is 0.587. The van der Waals surface area contributed by atoms with Gasteiger partial charge in [0.05, 0.1) is 6.54 Å². The summed E-state index contributed by atoms with van der Waals surface area (Å²) in [5, 5.41) is 0. The van der Waals surface area contributed by atoms with Crippen LogP contribution in [0.5, 0.6) is 0 Å². The number of nitrogens with two attached hydrogens (primary N) is 1. The van der Waals surface area contributed by atoms with Crippen LogP contribution in [0.3, 0.4) is 0 Å². The lowest BCUT2D eigenvalue weighted by Gasteiger charge is -2.27. The molecule has 0 spiro atoms. The number of hydrogen-bond acceptors (Lipinski definition) is 3. The van der Waals surface area contributed by atoms with Gasteiger partial charge in [0.2, 0.25) is 0 Å². The summed E-state index contributed by atoms with van der Waals surface area (Å²) in [5.41, 5.74) is 7.17. The number of aliphatic imine (C=N–C) groups is 1. The molecule has 1 saturated heterocycles. The fraction of sp³-hybridized carbons (Fsp3) is 0.571. The van der Waals surface area contributed by atoms with Crippen LogP contribution in [0.1, 0.15) is 24.8 Å². The maximum atomic E-state index is 6.06. The lowest BCUT2D eigenvalue weighted by atomic mass is 10.1. The van der Waals surface area contributed by atoms with E-state index in [0.717, 1.165) is 24.5 Å². The zero-order chi connectivity index (χ0) is 13.7. The minimum absolute atomic E-state index is 0.587. The van der Waals surface area contributed by atoms with Crippen LogP contribution >= 0.6 is 0 Å². The average Bonchev–Trinajstić information content (AvgIpc) is 2.46. The van der Waals surface area contributed by atoms with E-state index < -0.39 is 0 Å². The van der Waals surface area contributed by atoms with Crippen molar-refractivity contribution < 1.29 is 0 Å². The third-order valence-corrected chi connectivity index (χ3v) is 3.38. The highest BCUT2D eigenvalue weighted by Gasteiger charge is 2.12. The zero-order valence-electron chi connectivity index (χ0n) is 11.8. The van der Waals surface area contributed by atoms with E-state index >= 15 is 0 Å². The Bertz CT molecular complexity index is 435. The van der Waals surface area contributed by atoms with Gasteiger partial charge in [-0.2, -0.15) is 0 Å². The molecule has 5 heteroatoms. The highest BCUT2D eigenvalue weighted by Crippen LogP contribution is 2.15. The summed E-state index contributed by atoms with van der Waals surface area (Å²) in [5.74, 6) is 1.62. The molecule has 2 heterocycles. The van der Waals surface area contributed by atoms with Crippen LogP contribution in [-0.4, -0.2) is 43.0 Å². The van der Waals surface area contributed by atoms with Crippen LogP contribution < -0.4 is 10.6 Å². The molecular formula is C14H23N5. The van der Waals surface area contributed by atoms with E-state index in [0.29, 0.717) is 12.5 Å². The largest absolute Gasteiger partial charge is 0.370 e. The topological polar surface area (TPSA) is 57.8 Å². The predicted octanol–water partition coefficient (Wildman–Crippen LogP) is 1.45. The highest BCUT2D eigenvalue weighted by atomic mass is 15.3. The fourth-order valence-electron chi connectivity index (χ4n) is 2.35. The van der Waals surface area contributed by atoms with E-state index in [4.69, 9.17) is 5.73 Å². The zero-order valence-corrected chi connectivity index (χ0v) is 11.8. The highest BCUT2D eigenvalue weighted by molar-refractivity contribution is 5.78. The van der Waals surface area contributed by atoms with Crippen molar-refractivity contribution >= 4 is 11.8 Å². The van der Waals surface area contributed by atoms with Gasteiger partial charge in [0.1, 0.15) is 5.82 Å². The Morgan fingerprint density at radius 1 is 1.37 bits per heavy atom. The fourth-order valence-corrected chi connectivity index (χ4v) is 2.35. The Kier molecular flexibility index (Phi) is 4.60. The summed E-state index contributed by atoms with van der Waals surface area (Å²) in [6.07, 6.45) is 5.53. The van der Waals surface area contributed by atoms with E-state index in [1.54, 1.807) is 6.20 Å². The summed E-state index contributed by atoms with van der Waals surface area (Å²) >= 11 is 0. The number of aromatic nitrogens is 1. The normalized spacial score (nSPS) is 16.5. The van der Waals surface area contributed by atoms with Crippen LogP contribution in [0.15, 0.2) is 23.3 Å². The lowest BCUT2D eigenvalue weighted by Crippen LogP contribution is -2.40. The molecule has 1 aromatic rings. The molecule has 104 valence electrons. The second kappa shape index (κ2) is 6.41. The van der Waals surface area contributed by atoms with Crippen molar-refractivity contribution in [2.45, 2.75) is 25.8 Å². The van der Waals surface area contributed by atoms with Gasteiger partial charge in [0.25, 0.3) is 0 Å². The van der Waals surface area contributed by atoms with Gasteiger partial charge in [-0.05, 0) is 25.3 Å². The number of guanidine groups is 1. The standard InChI is InChI=1S/C14H23N5/c1-18(2)13-12(7-6-8-16-13)11-17-14(15)19-9-4-3-5-10-19/h6-8H,3-5,9-11H2,1-2H3,(H2,15,17). The molecular weight excluding hydrogens is 238 g/mol. The number of anilines is 1. The van der Waals surface area contributed by atoms with Crippen molar-refractivity contribution in [3.63, 3.8) is 0 Å². The van der Waals surface area contributed by atoms with Gasteiger partial charge >= 0.3 is 0 Å². The monoisotopic (exact) mass is 261 g/mol. The first-order valence-electron chi connectivity index (χ1n) is 6.84. The molecule has 0 aromatic carbocycles. The summed E-state index contributed by atoms with van der Waals surface area (Å²) in [6, 6.07) is 3.99. The van der Waals surface area contributed by atoms with Crippen molar-refractivity contribution in [1.29, 1.82) is 0 Å². The van der Waals surface area contributed by atoms with Crippen molar-refractivity contribution in [3.8, 4) is 0 Å². The molecule has 1 aromatic heterocycles. The van der Waals surface area contributed by atoms with Crippen LogP contribution in [-0.2, 0) is 6.54 Å². The van der Waals surface area contributed by atoms with E-state index in [1.807, 2.05) is 25.1 Å². The number of hydrogen-bond donors (Lipinski definition) is 1. The van der Waals surface area contributed by atoms with E-state index in [2.05, 4.69) is 20.9 Å². The first-order chi connectivity index (χ1) is 9.18. The molecule has 0 unspecified atom stereocenters. The first-order valence-corrected chi connectivity index (χ1v) is 6.84. The maximum Gasteiger partial charge on any atom is 0.191 e. The molecule has 0 saturated carbocycles. The smallest absolute Gasteiger partial charge is 0.191 e. The van der Waals surface area contributed by atoms with Crippen molar-refractivity contribution in [2.75, 3.05) is 32.1 Å². The summed E-state index contributed by atoms with van der Waals surface area (Å²) in [6.45, 7) is 2.65. The van der Waals surface area contributed by atoms with E-state index in [-0.39, 0.29) is 0 Å². The van der Waals surface area contributed by atoms with Gasteiger partial charge < -0.3 is 15.5 Å². The molecule has 0 atom stereocenters. The average molecular weight is 261 g/mol. The number of rotatable bonds is 3. The quantitative estimate of drug-likeness (QED) is 0.661. The van der Waals surface area contributed by atoms with Gasteiger partial charge in [-0.25, -0.2) is 9.98 Å². The van der Waals surface area contributed by atoms with Crippen LogP contribution in [0.2, 0.25) is 0 Å². The maximum absolute atomic E-state index is 6.06. The van der Waals surface area contributed by atoms with Gasteiger partial charge in [-0.3, -0.25) is 0 Å². The summed E-state index contributed by atoms with van der Waals surface area (Å²) < 4.78 is 0. The summed E-state index contributed by atoms with van der Waals surface area (Å²) in [4.78, 5) is 13.1. The molecule has 1 aliphatic heterocycles. The Hall–Kier alpha value is -1.78. The number of nitrogens with zero attached hydrogens (tertiary/aromatic N) is 4. The number of likely N-dealkylation sites (tertiary alicyclic amines) is 1. The molecule has 19 heavy (non-hydrogen) atoms. The van der Waals surface area contributed by atoms with Gasteiger partial charge in [0.15, 0.2) is 5.96 Å². The van der Waals surface area contributed by atoms with E-state index in [1.165, 1.54) is 19.3 Å².